The molecule has 0 heterocycles. The fraction of sp³-hybridized carbons (Fsp3) is 0.143. The maximum atomic E-state index is 2.38. The molecule has 0 heteroatoms. The summed E-state index contributed by atoms with van der Waals surface area (Å²) in [6.45, 7) is 0. The molecule has 0 saturated heterocycles. The highest BCUT2D eigenvalue weighted by Gasteiger charge is 2.35. The Kier molecular flexibility index (Phi) is 7.20. The molecule has 0 aromatic heterocycles. The molecule has 0 saturated carbocycles. The van der Waals surface area contributed by atoms with Crippen LogP contribution in [0.15, 0.2) is 146 Å². The number of hydrogen-bond acceptors (Lipinski definition) is 0. The molecule has 0 amide bonds. The standard InChI is InChI=1S/C35H32/c1-5-15-29(16-6-1)25-33-23-13-14-24-34(33)35(26-30-17-7-2-8-18-30,27-31-19-9-3-10-20-31)28-32-21-11-4-12-22-32/h1-24H,25-28H2. The molecule has 5 aromatic rings. The second-order valence-electron chi connectivity index (χ2n) is 9.59. The third-order valence-electron chi connectivity index (χ3n) is 6.98. The zero-order chi connectivity index (χ0) is 23.8. The lowest BCUT2D eigenvalue weighted by atomic mass is 9.66. The van der Waals surface area contributed by atoms with Gasteiger partial charge in [0.15, 0.2) is 0 Å². The van der Waals surface area contributed by atoms with Gasteiger partial charge in [0, 0.05) is 5.41 Å². The van der Waals surface area contributed by atoms with E-state index in [1.54, 1.807) is 0 Å². The first-order valence-corrected chi connectivity index (χ1v) is 12.5. The Bertz CT molecular complexity index is 1200. The average Bonchev–Trinajstić information content (AvgIpc) is 2.91. The predicted octanol–water partition coefficient (Wildman–Crippen LogP) is 8.24. The van der Waals surface area contributed by atoms with E-state index in [0.717, 1.165) is 25.7 Å². The summed E-state index contributed by atoms with van der Waals surface area (Å²) in [5.74, 6) is 0. The first kappa shape index (κ1) is 22.9. The predicted molar refractivity (Wildman–Crippen MR) is 148 cm³/mol. The van der Waals surface area contributed by atoms with Crippen molar-refractivity contribution in [3.05, 3.63) is 179 Å². The lowest BCUT2D eigenvalue weighted by Gasteiger charge is -2.37. The quantitative estimate of drug-likeness (QED) is 0.211. The monoisotopic (exact) mass is 452 g/mol. The Labute approximate surface area is 209 Å². The van der Waals surface area contributed by atoms with Gasteiger partial charge in [-0.1, -0.05) is 146 Å². The molecule has 0 N–H and O–H groups in total. The fourth-order valence-corrected chi connectivity index (χ4v) is 5.44. The van der Waals surface area contributed by atoms with Crippen molar-refractivity contribution in [3.8, 4) is 0 Å². The minimum absolute atomic E-state index is 0.0740. The van der Waals surface area contributed by atoms with E-state index in [0.29, 0.717) is 0 Å². The van der Waals surface area contributed by atoms with Gasteiger partial charge in [-0.15, -0.1) is 0 Å². The van der Waals surface area contributed by atoms with Gasteiger partial charge < -0.3 is 0 Å². The van der Waals surface area contributed by atoms with Gasteiger partial charge in [-0.3, -0.25) is 0 Å². The molecular weight excluding hydrogens is 420 g/mol. The van der Waals surface area contributed by atoms with E-state index < -0.39 is 0 Å². The van der Waals surface area contributed by atoms with Gasteiger partial charge in [0.2, 0.25) is 0 Å². The molecule has 0 aliphatic carbocycles. The van der Waals surface area contributed by atoms with Crippen LogP contribution >= 0.6 is 0 Å². The lowest BCUT2D eigenvalue weighted by Crippen LogP contribution is -2.35. The molecule has 0 radical (unpaired) electrons. The van der Waals surface area contributed by atoms with E-state index in [2.05, 4.69) is 146 Å². The summed E-state index contributed by atoms with van der Waals surface area (Å²) >= 11 is 0. The second kappa shape index (κ2) is 11.0. The van der Waals surface area contributed by atoms with Crippen LogP contribution in [-0.4, -0.2) is 0 Å². The topological polar surface area (TPSA) is 0 Å². The van der Waals surface area contributed by atoms with Crippen molar-refractivity contribution in [2.24, 2.45) is 0 Å². The van der Waals surface area contributed by atoms with Crippen molar-refractivity contribution < 1.29 is 0 Å². The molecule has 0 aliphatic heterocycles. The maximum absolute atomic E-state index is 2.38. The van der Waals surface area contributed by atoms with Crippen molar-refractivity contribution in [2.75, 3.05) is 0 Å². The summed E-state index contributed by atoms with van der Waals surface area (Å²) in [5, 5.41) is 0. The average molecular weight is 453 g/mol. The highest BCUT2D eigenvalue weighted by molar-refractivity contribution is 5.43. The zero-order valence-corrected chi connectivity index (χ0v) is 20.2. The van der Waals surface area contributed by atoms with Gasteiger partial charge in [0.05, 0.1) is 0 Å². The van der Waals surface area contributed by atoms with Gasteiger partial charge in [0.1, 0.15) is 0 Å². The summed E-state index contributed by atoms with van der Waals surface area (Å²) in [6, 6.07) is 53.0. The third-order valence-corrected chi connectivity index (χ3v) is 6.98. The Hall–Kier alpha value is -3.90. The van der Waals surface area contributed by atoms with Crippen molar-refractivity contribution in [1.82, 2.24) is 0 Å². The molecule has 0 atom stereocenters. The molecular formula is C35H32. The van der Waals surface area contributed by atoms with E-state index in [1.165, 1.54) is 33.4 Å². The molecule has 5 rings (SSSR count). The number of rotatable bonds is 9. The van der Waals surface area contributed by atoms with Crippen LogP contribution in [0, 0.1) is 0 Å². The molecule has 172 valence electrons. The van der Waals surface area contributed by atoms with Gasteiger partial charge in [-0.2, -0.15) is 0 Å². The highest BCUT2D eigenvalue weighted by atomic mass is 14.4. The molecule has 0 aliphatic rings. The molecule has 0 fully saturated rings. The second-order valence-corrected chi connectivity index (χ2v) is 9.59. The Morgan fingerprint density at radius 2 is 0.686 bits per heavy atom. The van der Waals surface area contributed by atoms with E-state index in [9.17, 15) is 0 Å². The molecule has 0 spiro atoms. The van der Waals surface area contributed by atoms with Gasteiger partial charge in [0.25, 0.3) is 0 Å². The first-order chi connectivity index (χ1) is 17.3. The van der Waals surface area contributed by atoms with E-state index in [4.69, 9.17) is 0 Å². The highest BCUT2D eigenvalue weighted by Crippen LogP contribution is 2.39. The molecule has 0 nitrogen and oxygen atoms in total. The summed E-state index contributed by atoms with van der Waals surface area (Å²) in [5.41, 5.74) is 8.31. The smallest absolute Gasteiger partial charge is 0.00768 e. The van der Waals surface area contributed by atoms with Gasteiger partial charge in [-0.25, -0.2) is 0 Å². The van der Waals surface area contributed by atoms with E-state index in [1.807, 2.05) is 0 Å². The maximum Gasteiger partial charge on any atom is 0.00768 e. The Balaban J connectivity index is 1.67. The van der Waals surface area contributed by atoms with Crippen LogP contribution in [0.1, 0.15) is 33.4 Å². The van der Waals surface area contributed by atoms with Gasteiger partial charge in [-0.05, 0) is 59.1 Å². The minimum atomic E-state index is -0.0740. The van der Waals surface area contributed by atoms with Crippen LogP contribution in [0.3, 0.4) is 0 Å². The molecule has 0 bridgehead atoms. The van der Waals surface area contributed by atoms with Crippen LogP contribution < -0.4 is 0 Å². The fourth-order valence-electron chi connectivity index (χ4n) is 5.44. The summed E-state index contributed by atoms with van der Waals surface area (Å²) < 4.78 is 0. The van der Waals surface area contributed by atoms with Crippen molar-refractivity contribution >= 4 is 0 Å². The lowest BCUT2D eigenvalue weighted by molar-refractivity contribution is 0.413. The largest absolute Gasteiger partial charge is 0.0622 e. The Morgan fingerprint density at radius 3 is 1.11 bits per heavy atom. The molecule has 35 heavy (non-hydrogen) atoms. The summed E-state index contributed by atoms with van der Waals surface area (Å²) in [6.07, 6.45) is 3.91. The van der Waals surface area contributed by atoms with Crippen LogP contribution in [0.5, 0.6) is 0 Å². The van der Waals surface area contributed by atoms with Crippen LogP contribution in [0.25, 0.3) is 0 Å². The van der Waals surface area contributed by atoms with Crippen molar-refractivity contribution in [3.63, 3.8) is 0 Å². The number of hydrogen-bond donors (Lipinski definition) is 0. The molecule has 0 unspecified atom stereocenters. The van der Waals surface area contributed by atoms with Gasteiger partial charge >= 0.3 is 0 Å². The number of benzene rings is 5. The zero-order valence-electron chi connectivity index (χ0n) is 20.2. The molecule has 5 aromatic carbocycles. The van der Waals surface area contributed by atoms with Crippen LogP contribution in [-0.2, 0) is 31.1 Å². The van der Waals surface area contributed by atoms with Crippen LogP contribution in [0.4, 0.5) is 0 Å². The van der Waals surface area contributed by atoms with Crippen molar-refractivity contribution in [1.29, 1.82) is 0 Å². The van der Waals surface area contributed by atoms with Crippen molar-refractivity contribution in [2.45, 2.75) is 31.1 Å². The summed E-state index contributed by atoms with van der Waals surface area (Å²) in [7, 11) is 0. The van der Waals surface area contributed by atoms with E-state index in [-0.39, 0.29) is 5.41 Å². The summed E-state index contributed by atoms with van der Waals surface area (Å²) in [4.78, 5) is 0. The SMILES string of the molecule is c1ccc(Cc2ccccc2C(Cc2ccccc2)(Cc2ccccc2)Cc2ccccc2)cc1. The van der Waals surface area contributed by atoms with Crippen LogP contribution in [0.2, 0.25) is 0 Å². The Morgan fingerprint density at radius 1 is 0.343 bits per heavy atom. The van der Waals surface area contributed by atoms with E-state index >= 15 is 0 Å². The first-order valence-electron chi connectivity index (χ1n) is 12.5. The normalized spacial score (nSPS) is 11.3. The third kappa shape index (κ3) is 5.78. The minimum Gasteiger partial charge on any atom is -0.0622 e.